The molecule has 1 aromatic heterocycles. The zero-order valence-corrected chi connectivity index (χ0v) is 11.7. The smallest absolute Gasteiger partial charge is 0.336 e. The molecule has 1 saturated carbocycles. The number of aromatic nitrogens is 1. The first-order valence-corrected chi connectivity index (χ1v) is 7.20. The third kappa shape index (κ3) is 2.25. The van der Waals surface area contributed by atoms with Crippen molar-refractivity contribution in [1.82, 2.24) is 4.98 Å². The number of pyridine rings is 1. The number of rotatable bonds is 2. The van der Waals surface area contributed by atoms with Crippen molar-refractivity contribution in [1.29, 1.82) is 5.26 Å². The molecule has 1 aromatic carbocycles. The van der Waals surface area contributed by atoms with Crippen LogP contribution in [0.25, 0.3) is 10.9 Å². The van der Waals surface area contributed by atoms with Gasteiger partial charge >= 0.3 is 5.97 Å². The van der Waals surface area contributed by atoms with E-state index in [1.165, 1.54) is 18.7 Å². The molecule has 0 amide bonds. The number of nitriles is 1. The first-order chi connectivity index (χ1) is 10.2. The highest BCUT2D eigenvalue weighted by molar-refractivity contribution is 6.02. The molecule has 0 spiro atoms. The lowest BCUT2D eigenvalue weighted by Gasteiger charge is -2.31. The van der Waals surface area contributed by atoms with E-state index < -0.39 is 11.4 Å². The first-order valence-electron chi connectivity index (χ1n) is 7.20. The Morgan fingerprint density at radius 3 is 2.67 bits per heavy atom. The van der Waals surface area contributed by atoms with E-state index in [1.54, 1.807) is 0 Å². The fourth-order valence-corrected chi connectivity index (χ4v) is 3.25. The van der Waals surface area contributed by atoms with Crippen molar-refractivity contribution in [2.45, 2.75) is 37.5 Å². The van der Waals surface area contributed by atoms with Gasteiger partial charge in [0.1, 0.15) is 0 Å². The minimum Gasteiger partial charge on any atom is -0.478 e. The van der Waals surface area contributed by atoms with E-state index in [0.717, 1.165) is 31.2 Å². The molecule has 0 aliphatic heterocycles. The van der Waals surface area contributed by atoms with E-state index >= 15 is 0 Å². The molecule has 0 unspecified atom stereocenters. The quantitative estimate of drug-likeness (QED) is 0.911. The van der Waals surface area contributed by atoms with E-state index in [9.17, 15) is 15.2 Å². The maximum atomic E-state index is 11.4. The summed E-state index contributed by atoms with van der Waals surface area (Å²) in [7, 11) is 0. The van der Waals surface area contributed by atoms with Crippen molar-refractivity contribution < 1.29 is 9.90 Å². The number of aromatic carboxylic acids is 1. The van der Waals surface area contributed by atoms with E-state index in [0.29, 0.717) is 10.9 Å². The zero-order valence-electron chi connectivity index (χ0n) is 11.7. The van der Waals surface area contributed by atoms with Crippen molar-refractivity contribution in [2.75, 3.05) is 0 Å². The lowest BCUT2D eigenvalue weighted by molar-refractivity contribution is 0.0699. The number of hydrogen-bond acceptors (Lipinski definition) is 3. The Kier molecular flexibility index (Phi) is 3.34. The second-order valence-corrected chi connectivity index (χ2v) is 5.65. The van der Waals surface area contributed by atoms with Crippen LogP contribution in [0.1, 0.15) is 48.0 Å². The molecule has 1 aliphatic rings. The van der Waals surface area contributed by atoms with Gasteiger partial charge in [-0.3, -0.25) is 4.98 Å². The fourth-order valence-electron chi connectivity index (χ4n) is 3.25. The van der Waals surface area contributed by atoms with Crippen LogP contribution in [0.4, 0.5) is 0 Å². The summed E-state index contributed by atoms with van der Waals surface area (Å²) in [5.74, 6) is -0.964. The molecule has 21 heavy (non-hydrogen) atoms. The second kappa shape index (κ2) is 5.17. The Morgan fingerprint density at radius 2 is 2.00 bits per heavy atom. The summed E-state index contributed by atoms with van der Waals surface area (Å²) < 4.78 is 0. The topological polar surface area (TPSA) is 74.0 Å². The summed E-state index contributed by atoms with van der Waals surface area (Å²) in [4.78, 5) is 15.6. The maximum absolute atomic E-state index is 11.4. The minimum absolute atomic E-state index is 0.241. The molecule has 3 rings (SSSR count). The van der Waals surface area contributed by atoms with E-state index in [2.05, 4.69) is 11.1 Å². The average molecular weight is 280 g/mol. The van der Waals surface area contributed by atoms with Crippen molar-refractivity contribution in [2.24, 2.45) is 0 Å². The summed E-state index contributed by atoms with van der Waals surface area (Å²) >= 11 is 0. The van der Waals surface area contributed by atoms with Gasteiger partial charge in [-0.2, -0.15) is 5.26 Å². The molecule has 0 saturated heterocycles. The molecular weight excluding hydrogens is 264 g/mol. The molecule has 0 bridgehead atoms. The predicted molar refractivity (Wildman–Crippen MR) is 79.1 cm³/mol. The van der Waals surface area contributed by atoms with E-state index in [1.807, 2.05) is 18.2 Å². The molecule has 2 aromatic rings. The summed E-state index contributed by atoms with van der Waals surface area (Å²) in [6, 6.07) is 9.59. The molecule has 1 heterocycles. The minimum atomic E-state index is -0.964. The lowest BCUT2D eigenvalue weighted by atomic mass is 9.70. The van der Waals surface area contributed by atoms with Crippen LogP contribution in [0, 0.1) is 11.3 Å². The number of nitrogens with zero attached hydrogens (tertiary/aromatic N) is 2. The second-order valence-electron chi connectivity index (χ2n) is 5.65. The highest BCUT2D eigenvalue weighted by Crippen LogP contribution is 2.39. The van der Waals surface area contributed by atoms with Crippen LogP contribution in [0.2, 0.25) is 0 Å². The van der Waals surface area contributed by atoms with Gasteiger partial charge in [0, 0.05) is 11.6 Å². The Hall–Kier alpha value is -2.41. The number of fused-ring (bicyclic) bond motifs is 1. The number of carboxylic acids is 1. The van der Waals surface area contributed by atoms with Gasteiger partial charge in [-0.1, -0.05) is 25.3 Å². The van der Waals surface area contributed by atoms with Gasteiger partial charge < -0.3 is 5.11 Å². The Morgan fingerprint density at radius 1 is 1.24 bits per heavy atom. The molecule has 1 aliphatic carbocycles. The monoisotopic (exact) mass is 280 g/mol. The summed E-state index contributed by atoms with van der Waals surface area (Å²) in [5, 5.41) is 19.6. The van der Waals surface area contributed by atoms with Crippen molar-refractivity contribution >= 4 is 16.9 Å². The largest absolute Gasteiger partial charge is 0.478 e. The summed E-state index contributed by atoms with van der Waals surface area (Å²) in [6.45, 7) is 0. The summed E-state index contributed by atoms with van der Waals surface area (Å²) in [6.07, 6.45) is 6.45. The molecule has 0 radical (unpaired) electrons. The molecule has 4 heteroatoms. The Balaban J connectivity index is 2.18. The zero-order chi connectivity index (χ0) is 14.9. The summed E-state index contributed by atoms with van der Waals surface area (Å²) in [5.41, 5.74) is 1.35. The normalized spacial score (nSPS) is 17.3. The predicted octanol–water partition coefficient (Wildman–Crippen LogP) is 3.66. The number of carboxylic acid groups (broad SMARTS) is 1. The van der Waals surface area contributed by atoms with Crippen LogP contribution in [-0.4, -0.2) is 16.1 Å². The van der Waals surface area contributed by atoms with Crippen LogP contribution in [-0.2, 0) is 5.41 Å². The van der Waals surface area contributed by atoms with Crippen LogP contribution >= 0.6 is 0 Å². The first kappa shape index (κ1) is 13.6. The van der Waals surface area contributed by atoms with Crippen molar-refractivity contribution in [3.8, 4) is 6.07 Å². The van der Waals surface area contributed by atoms with Gasteiger partial charge in [-0.15, -0.1) is 0 Å². The number of hydrogen-bond donors (Lipinski definition) is 1. The molecule has 106 valence electrons. The molecular formula is C17H16N2O2. The van der Waals surface area contributed by atoms with Crippen molar-refractivity contribution in [3.05, 3.63) is 41.6 Å². The SMILES string of the molecule is N#CC1(c2ccc3nccc(C(=O)O)c3c2)CCCCC1. The average Bonchev–Trinajstić information content (AvgIpc) is 2.54. The van der Waals surface area contributed by atoms with Crippen molar-refractivity contribution in [3.63, 3.8) is 0 Å². The molecule has 4 nitrogen and oxygen atoms in total. The maximum Gasteiger partial charge on any atom is 0.336 e. The van der Waals surface area contributed by atoms with Crippen LogP contribution < -0.4 is 0 Å². The fraction of sp³-hybridized carbons (Fsp3) is 0.353. The number of benzene rings is 1. The highest BCUT2D eigenvalue weighted by atomic mass is 16.4. The van der Waals surface area contributed by atoms with E-state index in [-0.39, 0.29) is 5.56 Å². The highest BCUT2D eigenvalue weighted by Gasteiger charge is 2.34. The molecule has 0 atom stereocenters. The lowest BCUT2D eigenvalue weighted by Crippen LogP contribution is -2.27. The molecule has 1 N–H and O–H groups in total. The Labute approximate surface area is 123 Å². The third-order valence-electron chi connectivity index (χ3n) is 4.45. The standard InChI is InChI=1S/C17H16N2O2/c18-11-17(7-2-1-3-8-17)12-4-5-15-14(10-12)13(16(20)21)6-9-19-15/h4-6,9-10H,1-3,7-8H2,(H,20,21). The van der Waals surface area contributed by atoms with Gasteiger partial charge in [-0.05, 0) is 36.6 Å². The molecule has 1 fully saturated rings. The van der Waals surface area contributed by atoms with Gasteiger partial charge in [0.25, 0.3) is 0 Å². The third-order valence-corrected chi connectivity index (χ3v) is 4.45. The van der Waals surface area contributed by atoms with Gasteiger partial charge in [0.05, 0.1) is 22.6 Å². The van der Waals surface area contributed by atoms with Gasteiger partial charge in [-0.25, -0.2) is 4.79 Å². The number of carbonyl (C=O) groups is 1. The Bertz CT molecular complexity index is 740. The van der Waals surface area contributed by atoms with Gasteiger partial charge in [0.2, 0.25) is 0 Å². The van der Waals surface area contributed by atoms with Crippen LogP contribution in [0.3, 0.4) is 0 Å². The van der Waals surface area contributed by atoms with E-state index in [4.69, 9.17) is 0 Å². The van der Waals surface area contributed by atoms with Gasteiger partial charge in [0.15, 0.2) is 0 Å². The van der Waals surface area contributed by atoms with Crippen LogP contribution in [0.15, 0.2) is 30.5 Å². The van der Waals surface area contributed by atoms with Crippen LogP contribution in [0.5, 0.6) is 0 Å².